The second kappa shape index (κ2) is 5.57. The fourth-order valence-corrected chi connectivity index (χ4v) is 4.43. The van der Waals surface area contributed by atoms with Crippen molar-refractivity contribution >= 4 is 5.91 Å². The highest BCUT2D eigenvalue weighted by Crippen LogP contribution is 2.49. The van der Waals surface area contributed by atoms with Crippen LogP contribution in [0.15, 0.2) is 0 Å². The fraction of sp³-hybridized carbons (Fsp3) is 0.944. The number of nitrogens with two attached hydrogens (primary N) is 1. The summed E-state index contributed by atoms with van der Waals surface area (Å²) in [6.07, 6.45) is 7.48. The van der Waals surface area contributed by atoms with Gasteiger partial charge in [0.05, 0.1) is 0 Å². The van der Waals surface area contributed by atoms with Crippen LogP contribution in [0.5, 0.6) is 0 Å². The number of carbonyl (C=O) groups excluding carboxylic acids is 1. The van der Waals surface area contributed by atoms with Crippen LogP contribution in [0.1, 0.15) is 59.3 Å². The van der Waals surface area contributed by atoms with E-state index in [1.54, 1.807) is 0 Å². The van der Waals surface area contributed by atoms with Gasteiger partial charge in [0.25, 0.3) is 0 Å². The maximum absolute atomic E-state index is 12.7. The van der Waals surface area contributed by atoms with Gasteiger partial charge in [0.1, 0.15) is 0 Å². The molecule has 0 aliphatic heterocycles. The minimum absolute atomic E-state index is 0.0103. The molecule has 3 rings (SSSR count). The van der Waals surface area contributed by atoms with Gasteiger partial charge in [-0.2, -0.15) is 0 Å². The van der Waals surface area contributed by atoms with E-state index in [0.717, 1.165) is 37.1 Å². The molecular formula is C18H32N2O. The zero-order chi connectivity index (χ0) is 15.2. The van der Waals surface area contributed by atoms with Gasteiger partial charge in [0, 0.05) is 18.5 Å². The Morgan fingerprint density at radius 3 is 2.24 bits per heavy atom. The van der Waals surface area contributed by atoms with Gasteiger partial charge in [0.2, 0.25) is 5.91 Å². The lowest BCUT2D eigenvalue weighted by Crippen LogP contribution is -2.52. The van der Waals surface area contributed by atoms with Crippen LogP contribution in [0.2, 0.25) is 0 Å². The highest BCUT2D eigenvalue weighted by Gasteiger charge is 2.46. The van der Waals surface area contributed by atoms with Crippen LogP contribution in [0, 0.1) is 35.0 Å². The van der Waals surface area contributed by atoms with Crippen LogP contribution >= 0.6 is 0 Å². The van der Waals surface area contributed by atoms with Crippen LogP contribution in [-0.2, 0) is 4.79 Å². The average molecular weight is 292 g/mol. The van der Waals surface area contributed by atoms with Crippen molar-refractivity contribution in [1.29, 1.82) is 0 Å². The Morgan fingerprint density at radius 2 is 1.71 bits per heavy atom. The molecule has 0 saturated heterocycles. The van der Waals surface area contributed by atoms with E-state index in [4.69, 9.17) is 5.73 Å². The van der Waals surface area contributed by atoms with Crippen molar-refractivity contribution in [2.24, 2.45) is 40.7 Å². The van der Waals surface area contributed by atoms with Gasteiger partial charge in [-0.25, -0.2) is 0 Å². The van der Waals surface area contributed by atoms with Gasteiger partial charge in [-0.05, 0) is 67.6 Å². The van der Waals surface area contributed by atoms with Crippen molar-refractivity contribution in [3.05, 3.63) is 0 Å². The van der Waals surface area contributed by atoms with Gasteiger partial charge in [-0.1, -0.05) is 20.8 Å². The monoisotopic (exact) mass is 292 g/mol. The lowest BCUT2D eigenvalue weighted by atomic mass is 9.61. The van der Waals surface area contributed by atoms with Crippen LogP contribution in [0.25, 0.3) is 0 Å². The smallest absolute Gasteiger partial charge is 0.223 e. The van der Waals surface area contributed by atoms with Crippen molar-refractivity contribution < 1.29 is 4.79 Å². The number of hydrogen-bond donors (Lipinski definition) is 2. The molecule has 1 amide bonds. The van der Waals surface area contributed by atoms with Crippen LogP contribution in [0.4, 0.5) is 0 Å². The molecule has 3 aliphatic rings. The number of nitrogens with one attached hydrogen (secondary N) is 1. The van der Waals surface area contributed by atoms with E-state index >= 15 is 0 Å². The molecule has 3 saturated carbocycles. The standard InChI is InChI=1S/C18H32N2O/c1-11-16(19)9-8-15(18(11,2)3)17(21)20-10-14(12-4-5-12)13-6-7-13/h11-16H,4-10,19H2,1-3H3,(H,20,21). The molecular weight excluding hydrogens is 260 g/mol. The molecule has 3 fully saturated rings. The zero-order valence-electron chi connectivity index (χ0n) is 13.9. The second-order valence-corrected chi connectivity index (χ2v) is 8.49. The molecule has 0 bridgehead atoms. The average Bonchev–Trinajstić information content (AvgIpc) is 3.28. The topological polar surface area (TPSA) is 55.1 Å². The third-order valence-electron chi connectivity index (χ3n) is 6.79. The molecule has 3 heteroatoms. The van der Waals surface area contributed by atoms with E-state index in [9.17, 15) is 4.79 Å². The molecule has 3 atom stereocenters. The summed E-state index contributed by atoms with van der Waals surface area (Å²) in [6.45, 7) is 7.57. The summed E-state index contributed by atoms with van der Waals surface area (Å²) in [6, 6.07) is 0.245. The predicted octanol–water partition coefficient (Wildman–Crippen LogP) is 2.94. The maximum atomic E-state index is 12.7. The summed E-state index contributed by atoms with van der Waals surface area (Å²) in [4.78, 5) is 12.7. The summed E-state index contributed by atoms with van der Waals surface area (Å²) in [5.74, 6) is 3.40. The van der Waals surface area contributed by atoms with E-state index in [-0.39, 0.29) is 23.3 Å². The van der Waals surface area contributed by atoms with E-state index in [0.29, 0.717) is 5.92 Å². The summed E-state index contributed by atoms with van der Waals surface area (Å²) in [5.41, 5.74) is 6.21. The Labute approximate surface area is 129 Å². The molecule has 3 unspecified atom stereocenters. The first-order valence-corrected chi connectivity index (χ1v) is 8.94. The van der Waals surface area contributed by atoms with Crippen molar-refractivity contribution in [1.82, 2.24) is 5.32 Å². The molecule has 0 radical (unpaired) electrons. The molecule has 0 aromatic heterocycles. The zero-order valence-corrected chi connectivity index (χ0v) is 13.9. The third-order valence-corrected chi connectivity index (χ3v) is 6.79. The summed E-state index contributed by atoms with van der Waals surface area (Å²) in [7, 11) is 0. The van der Waals surface area contributed by atoms with Gasteiger partial charge >= 0.3 is 0 Å². The SMILES string of the molecule is CC1C(N)CCC(C(=O)NCC(C2CC2)C2CC2)C1(C)C. The van der Waals surface area contributed by atoms with E-state index < -0.39 is 0 Å². The van der Waals surface area contributed by atoms with Crippen molar-refractivity contribution in [2.45, 2.75) is 65.3 Å². The molecule has 21 heavy (non-hydrogen) atoms. The van der Waals surface area contributed by atoms with Gasteiger partial charge < -0.3 is 11.1 Å². The first kappa shape index (κ1) is 15.3. The quantitative estimate of drug-likeness (QED) is 0.818. The lowest BCUT2D eigenvalue weighted by Gasteiger charge is -2.46. The van der Waals surface area contributed by atoms with Crippen LogP contribution in [0.3, 0.4) is 0 Å². The summed E-state index contributed by atoms with van der Waals surface area (Å²) < 4.78 is 0. The lowest BCUT2D eigenvalue weighted by molar-refractivity contribution is -0.132. The van der Waals surface area contributed by atoms with Crippen molar-refractivity contribution in [2.75, 3.05) is 6.54 Å². The fourth-order valence-electron chi connectivity index (χ4n) is 4.43. The summed E-state index contributed by atoms with van der Waals surface area (Å²) in [5, 5.41) is 3.31. The number of amides is 1. The number of rotatable bonds is 5. The largest absolute Gasteiger partial charge is 0.356 e. The second-order valence-electron chi connectivity index (χ2n) is 8.49. The minimum atomic E-state index is 0.0103. The number of hydrogen-bond acceptors (Lipinski definition) is 2. The Balaban J connectivity index is 1.56. The van der Waals surface area contributed by atoms with Gasteiger partial charge in [0.15, 0.2) is 0 Å². The molecule has 0 aromatic rings. The van der Waals surface area contributed by atoms with E-state index in [2.05, 4.69) is 26.1 Å². The van der Waals surface area contributed by atoms with Crippen molar-refractivity contribution in [3.63, 3.8) is 0 Å². The Kier molecular flexibility index (Phi) is 4.06. The van der Waals surface area contributed by atoms with Crippen molar-refractivity contribution in [3.8, 4) is 0 Å². The highest BCUT2D eigenvalue weighted by atomic mass is 16.1. The Bertz CT molecular complexity index is 386. The van der Waals surface area contributed by atoms with E-state index in [1.807, 2.05) is 0 Å². The third kappa shape index (κ3) is 3.13. The van der Waals surface area contributed by atoms with Gasteiger partial charge in [-0.15, -0.1) is 0 Å². The molecule has 120 valence electrons. The Hall–Kier alpha value is -0.570. The molecule has 0 spiro atoms. The molecule has 0 heterocycles. The molecule has 3 nitrogen and oxygen atoms in total. The molecule has 3 N–H and O–H groups in total. The first-order valence-electron chi connectivity index (χ1n) is 8.94. The maximum Gasteiger partial charge on any atom is 0.223 e. The van der Waals surface area contributed by atoms with E-state index in [1.165, 1.54) is 25.7 Å². The highest BCUT2D eigenvalue weighted by molar-refractivity contribution is 5.79. The number of carbonyl (C=O) groups is 1. The normalized spacial score (nSPS) is 35.8. The van der Waals surface area contributed by atoms with Crippen LogP contribution in [-0.4, -0.2) is 18.5 Å². The molecule has 0 aromatic carbocycles. The van der Waals surface area contributed by atoms with Gasteiger partial charge in [-0.3, -0.25) is 4.79 Å². The Morgan fingerprint density at radius 1 is 1.14 bits per heavy atom. The minimum Gasteiger partial charge on any atom is -0.356 e. The predicted molar refractivity (Wildman–Crippen MR) is 85.6 cm³/mol. The first-order chi connectivity index (χ1) is 9.91. The molecule has 3 aliphatic carbocycles. The van der Waals surface area contributed by atoms with Crippen LogP contribution < -0.4 is 11.1 Å². The summed E-state index contributed by atoms with van der Waals surface area (Å²) >= 11 is 0.